The van der Waals surface area contributed by atoms with E-state index in [1.807, 2.05) is 19.2 Å². The zero-order chi connectivity index (χ0) is 14.1. The van der Waals surface area contributed by atoms with Crippen LogP contribution in [0, 0.1) is 19.8 Å². The van der Waals surface area contributed by atoms with Crippen LogP contribution in [0.25, 0.3) is 0 Å². The highest BCUT2D eigenvalue weighted by Gasteiger charge is 2.32. The second kappa shape index (κ2) is 5.48. The number of nitrogens with zero attached hydrogens (tertiary/aromatic N) is 3. The molecule has 1 aromatic rings. The summed E-state index contributed by atoms with van der Waals surface area (Å²) in [5.74, 6) is 0.731. The molecule has 1 aromatic heterocycles. The van der Waals surface area contributed by atoms with Crippen molar-refractivity contribution in [1.82, 2.24) is 4.98 Å². The van der Waals surface area contributed by atoms with Crippen LogP contribution in [0.5, 0.6) is 0 Å². The second-order valence-electron chi connectivity index (χ2n) is 5.26. The minimum Gasteiger partial charge on any atom is -0.272 e. The highest BCUT2D eigenvalue weighted by molar-refractivity contribution is 8.13. The Morgan fingerprint density at radius 2 is 2.20 bits per heavy atom. The van der Waals surface area contributed by atoms with Crippen LogP contribution in [0.2, 0.25) is 0 Å². The molecule has 1 unspecified atom stereocenters. The van der Waals surface area contributed by atoms with Gasteiger partial charge in [0.2, 0.25) is 0 Å². The van der Waals surface area contributed by atoms with Crippen molar-refractivity contribution >= 4 is 28.5 Å². The molecule has 0 saturated heterocycles. The van der Waals surface area contributed by atoms with Gasteiger partial charge in [0.15, 0.2) is 5.17 Å². The second-order valence-corrected chi connectivity index (χ2v) is 6.20. The number of hydrogen-bond donors (Lipinski definition) is 0. The summed E-state index contributed by atoms with van der Waals surface area (Å²) < 4.78 is 0. The minimum atomic E-state index is -0.0267. The molecule has 3 rings (SSSR count). The standard InChI is InChI=1S/C15H17N3OS/c1-9-6-7-16-10(2)12(9)8-20-15-17-13-5-3-4-11(13)14(19)18-15/h6-7,11H,3-5,8H2,1-2H3. The first-order valence-electron chi connectivity index (χ1n) is 6.89. The predicted octanol–water partition coefficient (Wildman–Crippen LogP) is 3.07. The van der Waals surface area contributed by atoms with Gasteiger partial charge in [-0.2, -0.15) is 4.99 Å². The quantitative estimate of drug-likeness (QED) is 0.840. The van der Waals surface area contributed by atoms with E-state index >= 15 is 0 Å². The largest absolute Gasteiger partial charge is 0.272 e. The fraction of sp³-hybridized carbons (Fsp3) is 0.467. The number of aliphatic imine (C=N–C) groups is 2. The Morgan fingerprint density at radius 1 is 1.35 bits per heavy atom. The molecule has 0 radical (unpaired) electrons. The van der Waals surface area contributed by atoms with Crippen molar-refractivity contribution in [2.75, 3.05) is 0 Å². The fourth-order valence-electron chi connectivity index (χ4n) is 2.69. The molecule has 1 aliphatic heterocycles. The van der Waals surface area contributed by atoms with Gasteiger partial charge in [-0.15, -0.1) is 0 Å². The third kappa shape index (κ3) is 2.54. The van der Waals surface area contributed by atoms with E-state index in [2.05, 4.69) is 21.9 Å². The van der Waals surface area contributed by atoms with Gasteiger partial charge in [0, 0.05) is 23.4 Å². The maximum atomic E-state index is 11.9. The van der Waals surface area contributed by atoms with E-state index < -0.39 is 0 Å². The third-order valence-electron chi connectivity index (χ3n) is 3.92. The maximum absolute atomic E-state index is 11.9. The van der Waals surface area contributed by atoms with Gasteiger partial charge in [0.05, 0.1) is 5.92 Å². The summed E-state index contributed by atoms with van der Waals surface area (Å²) in [5.41, 5.74) is 4.50. The van der Waals surface area contributed by atoms with Crippen LogP contribution in [0.4, 0.5) is 0 Å². The highest BCUT2D eigenvalue weighted by atomic mass is 32.2. The Labute approximate surface area is 122 Å². The molecule has 0 spiro atoms. The first kappa shape index (κ1) is 13.5. The zero-order valence-electron chi connectivity index (χ0n) is 11.7. The van der Waals surface area contributed by atoms with Gasteiger partial charge < -0.3 is 0 Å². The molecule has 2 aliphatic rings. The van der Waals surface area contributed by atoms with E-state index in [-0.39, 0.29) is 11.8 Å². The molecule has 0 N–H and O–H groups in total. The molecule has 5 heteroatoms. The van der Waals surface area contributed by atoms with E-state index in [1.54, 1.807) is 0 Å². The normalized spacial score (nSPS) is 21.5. The van der Waals surface area contributed by atoms with Crippen LogP contribution in [0.15, 0.2) is 22.2 Å². The summed E-state index contributed by atoms with van der Waals surface area (Å²) in [6.45, 7) is 4.09. The topological polar surface area (TPSA) is 54.7 Å². The number of hydrogen-bond acceptors (Lipinski definition) is 4. The summed E-state index contributed by atoms with van der Waals surface area (Å²) in [4.78, 5) is 24.9. The minimum absolute atomic E-state index is 0.00497. The number of pyridine rings is 1. The number of carbonyl (C=O) groups excluding carboxylic acids is 1. The molecule has 4 nitrogen and oxygen atoms in total. The van der Waals surface area contributed by atoms with E-state index in [1.165, 1.54) is 22.9 Å². The number of amides is 1. The van der Waals surface area contributed by atoms with Gasteiger partial charge in [0.1, 0.15) is 0 Å². The molecule has 1 fully saturated rings. The summed E-state index contributed by atoms with van der Waals surface area (Å²) in [5, 5.41) is 0.616. The van der Waals surface area contributed by atoms with Crippen LogP contribution in [-0.2, 0) is 10.5 Å². The number of amidine groups is 1. The lowest BCUT2D eigenvalue weighted by Crippen LogP contribution is -2.23. The van der Waals surface area contributed by atoms with Crippen molar-refractivity contribution in [2.24, 2.45) is 15.9 Å². The number of rotatable bonds is 2. The van der Waals surface area contributed by atoms with Gasteiger partial charge in [-0.05, 0) is 50.3 Å². The molecular weight excluding hydrogens is 270 g/mol. The van der Waals surface area contributed by atoms with Crippen molar-refractivity contribution in [3.63, 3.8) is 0 Å². The Bertz CT molecular complexity index is 601. The van der Waals surface area contributed by atoms with Crippen molar-refractivity contribution in [3.05, 3.63) is 29.1 Å². The van der Waals surface area contributed by atoms with Crippen molar-refractivity contribution < 1.29 is 4.79 Å². The van der Waals surface area contributed by atoms with Crippen LogP contribution in [0.1, 0.15) is 36.1 Å². The fourth-order valence-corrected chi connectivity index (χ4v) is 3.74. The molecule has 1 aliphatic carbocycles. The molecule has 1 amide bonds. The van der Waals surface area contributed by atoms with Crippen molar-refractivity contribution in [2.45, 2.75) is 38.9 Å². The molecule has 1 saturated carbocycles. The molecule has 104 valence electrons. The average Bonchev–Trinajstić information content (AvgIpc) is 2.87. The van der Waals surface area contributed by atoms with Crippen LogP contribution < -0.4 is 0 Å². The Balaban J connectivity index is 1.75. The number of fused-ring (bicyclic) bond motifs is 1. The maximum Gasteiger partial charge on any atom is 0.256 e. The first-order chi connectivity index (χ1) is 9.65. The number of carbonyl (C=O) groups is 1. The monoisotopic (exact) mass is 287 g/mol. The van der Waals surface area contributed by atoms with E-state index in [0.29, 0.717) is 5.17 Å². The lowest BCUT2D eigenvalue weighted by molar-refractivity contribution is -0.119. The SMILES string of the molecule is Cc1ccnc(C)c1CSC1=NC(=O)C2CCCC2=N1. The summed E-state index contributed by atoms with van der Waals surface area (Å²) in [6, 6.07) is 2.01. The molecule has 1 atom stereocenters. The molecular formula is C15H17N3OS. The first-order valence-corrected chi connectivity index (χ1v) is 7.87. The van der Waals surface area contributed by atoms with Gasteiger partial charge in [-0.3, -0.25) is 9.78 Å². The van der Waals surface area contributed by atoms with E-state index in [9.17, 15) is 4.79 Å². The molecule has 0 aromatic carbocycles. The average molecular weight is 287 g/mol. The Kier molecular flexibility index (Phi) is 3.70. The lowest BCUT2D eigenvalue weighted by Gasteiger charge is -2.14. The molecule has 0 bridgehead atoms. The van der Waals surface area contributed by atoms with Gasteiger partial charge >= 0.3 is 0 Å². The van der Waals surface area contributed by atoms with Gasteiger partial charge in [0.25, 0.3) is 5.91 Å². The number of thioether (sulfide) groups is 1. The summed E-state index contributed by atoms with van der Waals surface area (Å²) in [7, 11) is 0. The van der Waals surface area contributed by atoms with E-state index in [4.69, 9.17) is 0 Å². The highest BCUT2D eigenvalue weighted by Crippen LogP contribution is 2.29. The van der Waals surface area contributed by atoms with Crippen LogP contribution in [-0.4, -0.2) is 21.8 Å². The van der Waals surface area contributed by atoms with Crippen molar-refractivity contribution in [1.29, 1.82) is 0 Å². The molecule has 20 heavy (non-hydrogen) atoms. The van der Waals surface area contributed by atoms with Gasteiger partial charge in [-0.1, -0.05) is 11.8 Å². The van der Waals surface area contributed by atoms with Gasteiger partial charge in [-0.25, -0.2) is 4.99 Å². The van der Waals surface area contributed by atoms with Crippen LogP contribution in [0.3, 0.4) is 0 Å². The summed E-state index contributed by atoms with van der Waals surface area (Å²) in [6.07, 6.45) is 4.74. The Morgan fingerprint density at radius 3 is 3.00 bits per heavy atom. The lowest BCUT2D eigenvalue weighted by atomic mass is 10.1. The Hall–Kier alpha value is -1.49. The predicted molar refractivity (Wildman–Crippen MR) is 82.2 cm³/mol. The third-order valence-corrected chi connectivity index (χ3v) is 4.80. The van der Waals surface area contributed by atoms with E-state index in [0.717, 1.165) is 36.4 Å². The zero-order valence-corrected chi connectivity index (χ0v) is 12.5. The van der Waals surface area contributed by atoms with Crippen molar-refractivity contribution in [3.8, 4) is 0 Å². The summed E-state index contributed by atoms with van der Waals surface area (Å²) >= 11 is 1.53. The van der Waals surface area contributed by atoms with Crippen LogP contribution >= 0.6 is 11.8 Å². The smallest absolute Gasteiger partial charge is 0.256 e. The molecule has 2 heterocycles. The number of aryl methyl sites for hydroxylation is 2. The number of aromatic nitrogens is 1.